The largest absolute Gasteiger partial charge is 0.489 e. The number of nitrogens with one attached hydrogen (secondary N) is 1. The van der Waals surface area contributed by atoms with E-state index in [2.05, 4.69) is 10.5 Å². The Labute approximate surface area is 146 Å². The minimum absolute atomic E-state index is 0.306. The van der Waals surface area contributed by atoms with E-state index in [1.54, 1.807) is 13.8 Å². The van der Waals surface area contributed by atoms with Gasteiger partial charge in [-0.1, -0.05) is 23.7 Å². The van der Waals surface area contributed by atoms with Crippen LogP contribution in [0, 0.1) is 0 Å². The molecule has 0 saturated heterocycles. The third-order valence-electron chi connectivity index (χ3n) is 3.18. The van der Waals surface area contributed by atoms with E-state index in [0.29, 0.717) is 23.9 Å². The fraction of sp³-hybridized carbons (Fsp3) is 0.222. The summed E-state index contributed by atoms with van der Waals surface area (Å²) in [5.41, 5.74) is 4.93. The first-order chi connectivity index (χ1) is 11.6. The van der Waals surface area contributed by atoms with Crippen molar-refractivity contribution in [2.75, 3.05) is 6.61 Å². The van der Waals surface area contributed by atoms with Crippen LogP contribution in [0.5, 0.6) is 5.75 Å². The van der Waals surface area contributed by atoms with Crippen molar-refractivity contribution >= 4 is 23.4 Å². The van der Waals surface area contributed by atoms with Crippen LogP contribution in [-0.4, -0.2) is 18.4 Å². The van der Waals surface area contributed by atoms with Gasteiger partial charge in [0.2, 0.25) is 0 Å². The van der Waals surface area contributed by atoms with Crippen molar-refractivity contribution in [1.29, 1.82) is 0 Å². The van der Waals surface area contributed by atoms with Crippen molar-refractivity contribution in [3.05, 3.63) is 64.7 Å². The number of nitrogens with zero attached hydrogens (tertiary/aromatic N) is 1. The zero-order valence-electron chi connectivity index (χ0n) is 13.6. The molecule has 1 N–H and O–H groups in total. The number of hydrogen-bond acceptors (Lipinski definition) is 4. The van der Waals surface area contributed by atoms with Crippen molar-refractivity contribution in [2.24, 2.45) is 5.10 Å². The van der Waals surface area contributed by atoms with Gasteiger partial charge < -0.3 is 9.47 Å². The van der Waals surface area contributed by atoms with Crippen LogP contribution in [0.25, 0.3) is 0 Å². The summed E-state index contributed by atoms with van der Waals surface area (Å²) in [5, 5.41) is 4.69. The topological polar surface area (TPSA) is 59.9 Å². The molecule has 5 nitrogen and oxygen atoms in total. The van der Waals surface area contributed by atoms with Crippen molar-refractivity contribution in [2.45, 2.75) is 20.5 Å². The van der Waals surface area contributed by atoms with Gasteiger partial charge in [0.15, 0.2) is 0 Å². The van der Waals surface area contributed by atoms with Crippen LogP contribution in [0.4, 0.5) is 4.79 Å². The lowest BCUT2D eigenvalue weighted by atomic mass is 10.1. The number of carbonyl (C=O) groups excluding carboxylic acids is 1. The predicted molar refractivity (Wildman–Crippen MR) is 94.6 cm³/mol. The van der Waals surface area contributed by atoms with Crippen LogP contribution in [0.1, 0.15) is 25.0 Å². The molecular weight excluding hydrogens is 328 g/mol. The lowest BCUT2D eigenvalue weighted by Crippen LogP contribution is -2.20. The Morgan fingerprint density at radius 2 is 1.79 bits per heavy atom. The van der Waals surface area contributed by atoms with Gasteiger partial charge >= 0.3 is 6.09 Å². The Kier molecular flexibility index (Phi) is 6.63. The maximum Gasteiger partial charge on any atom is 0.427 e. The first kappa shape index (κ1) is 17.8. The van der Waals surface area contributed by atoms with Gasteiger partial charge in [0.1, 0.15) is 12.4 Å². The lowest BCUT2D eigenvalue weighted by molar-refractivity contribution is 0.152. The molecule has 0 fully saturated rings. The van der Waals surface area contributed by atoms with Gasteiger partial charge in [0, 0.05) is 5.02 Å². The summed E-state index contributed by atoms with van der Waals surface area (Å²) >= 11 is 5.85. The van der Waals surface area contributed by atoms with Crippen molar-refractivity contribution in [3.63, 3.8) is 0 Å². The third-order valence-corrected chi connectivity index (χ3v) is 3.43. The van der Waals surface area contributed by atoms with Gasteiger partial charge in [-0.05, 0) is 61.4 Å². The summed E-state index contributed by atoms with van der Waals surface area (Å²) in [6.45, 7) is 4.31. The Morgan fingerprint density at radius 1 is 1.12 bits per heavy atom. The quantitative estimate of drug-likeness (QED) is 0.623. The molecule has 2 rings (SSSR count). The molecule has 0 spiro atoms. The van der Waals surface area contributed by atoms with E-state index in [0.717, 1.165) is 16.9 Å². The highest BCUT2D eigenvalue weighted by Gasteiger charge is 2.02. The average molecular weight is 347 g/mol. The zero-order chi connectivity index (χ0) is 17.4. The van der Waals surface area contributed by atoms with Crippen LogP contribution < -0.4 is 10.2 Å². The highest BCUT2D eigenvalue weighted by Crippen LogP contribution is 2.16. The molecule has 2 aromatic carbocycles. The molecule has 0 aliphatic rings. The van der Waals surface area contributed by atoms with E-state index >= 15 is 0 Å². The molecule has 126 valence electrons. The Bertz CT molecular complexity index is 697. The summed E-state index contributed by atoms with van der Waals surface area (Å²) < 4.78 is 10.5. The monoisotopic (exact) mass is 346 g/mol. The van der Waals surface area contributed by atoms with E-state index in [9.17, 15) is 4.79 Å². The first-order valence-electron chi connectivity index (χ1n) is 7.53. The molecule has 2 aromatic rings. The fourth-order valence-electron chi connectivity index (χ4n) is 1.90. The van der Waals surface area contributed by atoms with E-state index in [4.69, 9.17) is 21.1 Å². The first-order valence-corrected chi connectivity index (χ1v) is 7.91. The second kappa shape index (κ2) is 8.93. The van der Waals surface area contributed by atoms with Crippen LogP contribution in [0.3, 0.4) is 0 Å². The maximum absolute atomic E-state index is 11.2. The van der Waals surface area contributed by atoms with Gasteiger partial charge in [0.05, 0.1) is 12.3 Å². The van der Waals surface area contributed by atoms with E-state index < -0.39 is 6.09 Å². The molecule has 0 aliphatic carbocycles. The summed E-state index contributed by atoms with van der Waals surface area (Å²) in [7, 11) is 0. The minimum Gasteiger partial charge on any atom is -0.489 e. The molecule has 1 amide bonds. The SMILES string of the molecule is CCOC(=O)NN=C(C)c1ccc(OCc2ccc(Cl)cc2)cc1. The van der Waals surface area contributed by atoms with Crippen LogP contribution >= 0.6 is 11.6 Å². The normalized spacial score (nSPS) is 11.0. The molecular formula is C18H19ClN2O3. The standard InChI is InChI=1S/C18H19ClN2O3/c1-3-23-18(22)21-20-13(2)15-6-10-17(11-7-15)24-12-14-4-8-16(19)9-5-14/h4-11H,3,12H2,1-2H3,(H,21,22). The Balaban J connectivity index is 1.91. The number of rotatable bonds is 6. The number of halogens is 1. The highest BCUT2D eigenvalue weighted by molar-refractivity contribution is 6.30. The van der Waals surface area contributed by atoms with Gasteiger partial charge in [-0.3, -0.25) is 0 Å². The minimum atomic E-state index is -0.570. The lowest BCUT2D eigenvalue weighted by Gasteiger charge is -2.08. The Morgan fingerprint density at radius 3 is 2.42 bits per heavy atom. The number of hydrazone groups is 1. The number of hydrogen-bond donors (Lipinski definition) is 1. The molecule has 6 heteroatoms. The van der Waals surface area contributed by atoms with Crippen molar-refractivity contribution in [1.82, 2.24) is 5.43 Å². The van der Waals surface area contributed by atoms with E-state index in [-0.39, 0.29) is 0 Å². The van der Waals surface area contributed by atoms with Crippen LogP contribution in [0.2, 0.25) is 5.02 Å². The maximum atomic E-state index is 11.2. The van der Waals surface area contributed by atoms with Crippen molar-refractivity contribution < 1.29 is 14.3 Å². The van der Waals surface area contributed by atoms with Crippen molar-refractivity contribution in [3.8, 4) is 5.75 Å². The molecule has 0 aliphatic heterocycles. The molecule has 0 radical (unpaired) electrons. The third kappa shape index (κ3) is 5.59. The summed E-state index contributed by atoms with van der Waals surface area (Å²) in [5.74, 6) is 0.750. The summed E-state index contributed by atoms with van der Waals surface area (Å²) in [6, 6.07) is 15.0. The number of benzene rings is 2. The molecule has 0 aromatic heterocycles. The summed E-state index contributed by atoms with van der Waals surface area (Å²) in [6.07, 6.45) is -0.570. The molecule has 0 heterocycles. The van der Waals surface area contributed by atoms with E-state index in [1.165, 1.54) is 0 Å². The van der Waals surface area contributed by atoms with Crippen LogP contribution in [-0.2, 0) is 11.3 Å². The molecule has 24 heavy (non-hydrogen) atoms. The van der Waals surface area contributed by atoms with Gasteiger partial charge in [0.25, 0.3) is 0 Å². The molecule has 0 saturated carbocycles. The van der Waals surface area contributed by atoms with Gasteiger partial charge in [-0.2, -0.15) is 5.10 Å². The molecule has 0 bridgehead atoms. The van der Waals surface area contributed by atoms with Gasteiger partial charge in [-0.15, -0.1) is 0 Å². The average Bonchev–Trinajstić information content (AvgIpc) is 2.60. The van der Waals surface area contributed by atoms with E-state index in [1.807, 2.05) is 48.5 Å². The van der Waals surface area contributed by atoms with Crippen LogP contribution in [0.15, 0.2) is 53.6 Å². The molecule has 0 atom stereocenters. The summed E-state index contributed by atoms with van der Waals surface area (Å²) in [4.78, 5) is 11.2. The smallest absolute Gasteiger partial charge is 0.427 e. The highest BCUT2D eigenvalue weighted by atomic mass is 35.5. The Hall–Kier alpha value is -2.53. The number of amides is 1. The number of ether oxygens (including phenoxy) is 2. The second-order valence-corrected chi connectivity index (χ2v) is 5.41. The zero-order valence-corrected chi connectivity index (χ0v) is 14.3. The van der Waals surface area contributed by atoms with Gasteiger partial charge in [-0.25, -0.2) is 10.2 Å². The fourth-order valence-corrected chi connectivity index (χ4v) is 2.02. The second-order valence-electron chi connectivity index (χ2n) is 4.97. The number of carbonyl (C=O) groups is 1. The predicted octanol–water partition coefficient (Wildman–Crippen LogP) is 4.39. The molecule has 0 unspecified atom stereocenters.